The van der Waals surface area contributed by atoms with E-state index in [1.54, 1.807) is 12.1 Å². The van der Waals surface area contributed by atoms with E-state index in [0.717, 1.165) is 24.8 Å². The number of aliphatic hydroxyl groups is 2. The molecule has 0 bridgehead atoms. The molecule has 102 valence electrons. The molecule has 0 amide bonds. The first-order valence-electron chi connectivity index (χ1n) is 6.44. The summed E-state index contributed by atoms with van der Waals surface area (Å²) in [5, 5.41) is 21.4. The highest BCUT2D eigenvalue weighted by molar-refractivity contribution is 5.20. The standard InChI is InChI=1S/C14H22FNO2/c1-2-3-4-14(16-13(9-17)10-18)11-5-7-12(15)8-6-11/h5-8,13-14,16-18H,2-4,9-10H2,1H3. The Morgan fingerprint density at radius 3 is 2.28 bits per heavy atom. The van der Waals surface area contributed by atoms with E-state index in [4.69, 9.17) is 10.2 Å². The first kappa shape index (κ1) is 15.1. The predicted octanol–water partition coefficient (Wildman–Crippen LogP) is 2.00. The first-order chi connectivity index (χ1) is 8.71. The van der Waals surface area contributed by atoms with Crippen molar-refractivity contribution in [2.45, 2.75) is 38.3 Å². The minimum atomic E-state index is -0.336. The van der Waals surface area contributed by atoms with Crippen LogP contribution in [-0.4, -0.2) is 29.5 Å². The Kier molecular flexibility index (Phi) is 6.86. The van der Waals surface area contributed by atoms with Gasteiger partial charge in [-0.2, -0.15) is 0 Å². The van der Waals surface area contributed by atoms with Crippen LogP contribution in [0, 0.1) is 5.82 Å². The molecule has 1 atom stereocenters. The normalized spacial score (nSPS) is 12.9. The van der Waals surface area contributed by atoms with Crippen LogP contribution in [0.4, 0.5) is 4.39 Å². The lowest BCUT2D eigenvalue weighted by atomic mass is 10.00. The summed E-state index contributed by atoms with van der Waals surface area (Å²) in [5.74, 6) is -0.256. The number of hydrogen-bond acceptors (Lipinski definition) is 3. The van der Waals surface area contributed by atoms with Crippen molar-refractivity contribution in [2.75, 3.05) is 13.2 Å². The van der Waals surface area contributed by atoms with Gasteiger partial charge in [0.25, 0.3) is 0 Å². The summed E-state index contributed by atoms with van der Waals surface area (Å²) in [6.07, 6.45) is 3.01. The number of unbranched alkanes of at least 4 members (excludes halogenated alkanes) is 1. The van der Waals surface area contributed by atoms with Crippen molar-refractivity contribution in [3.05, 3.63) is 35.6 Å². The maximum atomic E-state index is 12.9. The molecule has 0 aromatic heterocycles. The molecule has 0 radical (unpaired) electrons. The van der Waals surface area contributed by atoms with Crippen molar-refractivity contribution in [3.63, 3.8) is 0 Å². The SMILES string of the molecule is CCCCC(NC(CO)CO)c1ccc(F)cc1. The zero-order chi connectivity index (χ0) is 13.4. The van der Waals surface area contributed by atoms with Gasteiger partial charge in [-0.3, -0.25) is 0 Å². The Morgan fingerprint density at radius 2 is 1.78 bits per heavy atom. The third kappa shape index (κ3) is 4.72. The first-order valence-corrected chi connectivity index (χ1v) is 6.44. The van der Waals surface area contributed by atoms with Gasteiger partial charge in [-0.15, -0.1) is 0 Å². The molecule has 4 heteroatoms. The number of benzene rings is 1. The highest BCUT2D eigenvalue weighted by atomic mass is 19.1. The summed E-state index contributed by atoms with van der Waals surface area (Å²) in [4.78, 5) is 0. The number of aliphatic hydroxyl groups excluding tert-OH is 2. The fourth-order valence-corrected chi connectivity index (χ4v) is 1.90. The topological polar surface area (TPSA) is 52.5 Å². The quantitative estimate of drug-likeness (QED) is 0.666. The summed E-state index contributed by atoms with van der Waals surface area (Å²) in [6.45, 7) is 1.89. The number of rotatable bonds is 8. The van der Waals surface area contributed by atoms with Crippen LogP contribution in [-0.2, 0) is 0 Å². The molecule has 0 spiro atoms. The van der Waals surface area contributed by atoms with Crippen LogP contribution in [0.3, 0.4) is 0 Å². The molecule has 0 heterocycles. The van der Waals surface area contributed by atoms with Crippen molar-refractivity contribution in [3.8, 4) is 0 Å². The van der Waals surface area contributed by atoms with Crippen LogP contribution in [0.25, 0.3) is 0 Å². The maximum Gasteiger partial charge on any atom is 0.123 e. The van der Waals surface area contributed by atoms with Crippen molar-refractivity contribution in [2.24, 2.45) is 0 Å². The van der Waals surface area contributed by atoms with Gasteiger partial charge in [0, 0.05) is 6.04 Å². The molecule has 18 heavy (non-hydrogen) atoms. The summed E-state index contributed by atoms with van der Waals surface area (Å²) in [7, 11) is 0. The minimum absolute atomic E-state index is 0.0369. The van der Waals surface area contributed by atoms with Crippen LogP contribution >= 0.6 is 0 Å². The molecule has 3 nitrogen and oxygen atoms in total. The van der Waals surface area contributed by atoms with Crippen molar-refractivity contribution in [1.29, 1.82) is 0 Å². The number of hydrogen-bond donors (Lipinski definition) is 3. The van der Waals surface area contributed by atoms with Gasteiger partial charge in [0.15, 0.2) is 0 Å². The van der Waals surface area contributed by atoms with E-state index in [1.165, 1.54) is 12.1 Å². The van der Waals surface area contributed by atoms with Gasteiger partial charge in [0.1, 0.15) is 5.82 Å². The Morgan fingerprint density at radius 1 is 1.17 bits per heavy atom. The lowest BCUT2D eigenvalue weighted by Gasteiger charge is -2.24. The van der Waals surface area contributed by atoms with Crippen LogP contribution < -0.4 is 5.32 Å². The van der Waals surface area contributed by atoms with E-state index >= 15 is 0 Å². The van der Waals surface area contributed by atoms with Gasteiger partial charge in [0.05, 0.1) is 19.3 Å². The molecule has 1 unspecified atom stereocenters. The molecular formula is C14H22FNO2. The molecule has 1 aromatic rings. The van der Waals surface area contributed by atoms with Crippen LogP contribution in [0.15, 0.2) is 24.3 Å². The highest BCUT2D eigenvalue weighted by Crippen LogP contribution is 2.20. The van der Waals surface area contributed by atoms with Crippen LogP contribution in [0.5, 0.6) is 0 Å². The van der Waals surface area contributed by atoms with E-state index in [0.29, 0.717) is 0 Å². The second-order valence-electron chi connectivity index (χ2n) is 4.48. The van der Waals surface area contributed by atoms with E-state index in [2.05, 4.69) is 12.2 Å². The van der Waals surface area contributed by atoms with Gasteiger partial charge in [-0.05, 0) is 24.1 Å². The molecule has 0 aliphatic rings. The average Bonchev–Trinajstić information content (AvgIpc) is 2.40. The Hall–Kier alpha value is -0.970. The molecule has 0 saturated heterocycles. The third-order valence-electron chi connectivity index (χ3n) is 3.00. The fraction of sp³-hybridized carbons (Fsp3) is 0.571. The van der Waals surface area contributed by atoms with E-state index < -0.39 is 0 Å². The summed E-state index contributed by atoms with van der Waals surface area (Å²) in [5.41, 5.74) is 0.983. The monoisotopic (exact) mass is 255 g/mol. The lowest BCUT2D eigenvalue weighted by Crippen LogP contribution is -2.38. The fourth-order valence-electron chi connectivity index (χ4n) is 1.90. The molecule has 1 aromatic carbocycles. The van der Waals surface area contributed by atoms with Crippen molar-refractivity contribution < 1.29 is 14.6 Å². The third-order valence-corrected chi connectivity index (χ3v) is 3.00. The summed E-state index contributed by atoms with van der Waals surface area (Å²) < 4.78 is 12.9. The number of halogens is 1. The number of nitrogens with one attached hydrogen (secondary N) is 1. The molecule has 0 aliphatic heterocycles. The van der Waals surface area contributed by atoms with Gasteiger partial charge in [-0.1, -0.05) is 31.9 Å². The second-order valence-corrected chi connectivity index (χ2v) is 4.48. The Balaban J connectivity index is 2.73. The van der Waals surface area contributed by atoms with Crippen LogP contribution in [0.1, 0.15) is 37.8 Å². The van der Waals surface area contributed by atoms with Crippen molar-refractivity contribution in [1.82, 2.24) is 5.32 Å². The van der Waals surface area contributed by atoms with E-state index in [1.807, 2.05) is 0 Å². The smallest absolute Gasteiger partial charge is 0.123 e. The molecule has 0 aliphatic carbocycles. The minimum Gasteiger partial charge on any atom is -0.395 e. The average molecular weight is 255 g/mol. The molecule has 0 fully saturated rings. The summed E-state index contributed by atoms with van der Waals surface area (Å²) >= 11 is 0. The Bertz CT molecular complexity index is 325. The Labute approximate surface area is 108 Å². The molecule has 1 rings (SSSR count). The predicted molar refractivity (Wildman–Crippen MR) is 69.8 cm³/mol. The maximum absolute atomic E-state index is 12.9. The lowest BCUT2D eigenvalue weighted by molar-refractivity contribution is 0.160. The zero-order valence-electron chi connectivity index (χ0n) is 10.8. The molecule has 0 saturated carbocycles. The molecular weight excluding hydrogens is 233 g/mol. The van der Waals surface area contributed by atoms with Gasteiger partial charge in [0.2, 0.25) is 0 Å². The van der Waals surface area contributed by atoms with E-state index in [9.17, 15) is 4.39 Å². The zero-order valence-corrected chi connectivity index (χ0v) is 10.8. The molecule has 3 N–H and O–H groups in total. The van der Waals surface area contributed by atoms with Gasteiger partial charge < -0.3 is 15.5 Å². The van der Waals surface area contributed by atoms with Crippen LogP contribution in [0.2, 0.25) is 0 Å². The summed E-state index contributed by atoms with van der Waals surface area (Å²) in [6, 6.07) is 6.06. The van der Waals surface area contributed by atoms with Crippen molar-refractivity contribution >= 4 is 0 Å². The van der Waals surface area contributed by atoms with E-state index in [-0.39, 0.29) is 31.1 Å². The van der Waals surface area contributed by atoms with Gasteiger partial charge in [-0.25, -0.2) is 4.39 Å². The second kappa shape index (κ2) is 8.19. The highest BCUT2D eigenvalue weighted by Gasteiger charge is 2.15. The van der Waals surface area contributed by atoms with Gasteiger partial charge >= 0.3 is 0 Å². The largest absolute Gasteiger partial charge is 0.395 e.